The number of H-pyrrole nitrogens is 1. The first-order valence-corrected chi connectivity index (χ1v) is 14.1. The van der Waals surface area contributed by atoms with Crippen LogP contribution < -0.4 is 10.2 Å². The van der Waals surface area contributed by atoms with E-state index in [0.717, 1.165) is 50.9 Å². The first-order chi connectivity index (χ1) is 19.5. The molecule has 0 radical (unpaired) electrons. The van der Waals surface area contributed by atoms with E-state index in [4.69, 9.17) is 24.2 Å². The van der Waals surface area contributed by atoms with Gasteiger partial charge in [-0.2, -0.15) is 0 Å². The molecular weight excluding hydrogens is 515 g/mol. The monoisotopic (exact) mass is 550 g/mol. The van der Waals surface area contributed by atoms with E-state index in [2.05, 4.69) is 20.2 Å². The van der Waals surface area contributed by atoms with Crippen molar-refractivity contribution in [2.75, 3.05) is 44.4 Å². The maximum Gasteiger partial charge on any atom is 0.230 e. The molecule has 1 aromatic carbocycles. The lowest BCUT2D eigenvalue weighted by atomic mass is 9.91. The molecule has 1 amide bonds. The Morgan fingerprint density at radius 1 is 1.07 bits per heavy atom. The van der Waals surface area contributed by atoms with Crippen LogP contribution >= 0.6 is 0 Å². The van der Waals surface area contributed by atoms with E-state index in [9.17, 15) is 9.18 Å². The summed E-state index contributed by atoms with van der Waals surface area (Å²) in [5, 5.41) is 2.99. The molecule has 0 aliphatic carbocycles. The summed E-state index contributed by atoms with van der Waals surface area (Å²) in [5.74, 6) is 0.675. The first-order valence-electron chi connectivity index (χ1n) is 14.1. The highest BCUT2D eigenvalue weighted by molar-refractivity contribution is 5.82. The average molecular weight is 551 g/mol. The number of hydrogen-bond donors (Lipinski definition) is 2. The van der Waals surface area contributed by atoms with Crippen LogP contribution in [0.3, 0.4) is 0 Å². The van der Waals surface area contributed by atoms with Crippen LogP contribution in [0.5, 0.6) is 0 Å². The Labute approximate surface area is 232 Å². The molecule has 1 unspecified atom stereocenters. The normalized spacial score (nSPS) is 25.2. The summed E-state index contributed by atoms with van der Waals surface area (Å²) < 4.78 is 31.4. The van der Waals surface area contributed by atoms with Gasteiger partial charge >= 0.3 is 0 Å². The van der Waals surface area contributed by atoms with E-state index < -0.39 is 11.7 Å². The Bertz CT molecular complexity index is 1310. The van der Waals surface area contributed by atoms with Crippen LogP contribution in [0.4, 0.5) is 10.3 Å². The Morgan fingerprint density at radius 3 is 2.58 bits per heavy atom. The van der Waals surface area contributed by atoms with Gasteiger partial charge in [-0.3, -0.25) is 4.79 Å². The molecule has 0 bridgehead atoms. The fourth-order valence-electron chi connectivity index (χ4n) is 5.36. The third-order valence-corrected chi connectivity index (χ3v) is 7.77. The predicted molar refractivity (Wildman–Crippen MR) is 146 cm³/mol. The maximum absolute atomic E-state index is 13.7. The molecule has 2 aromatic heterocycles. The average Bonchev–Trinajstić information content (AvgIpc) is 3.68. The Hall–Kier alpha value is -3.41. The molecule has 10 nitrogen and oxygen atoms in total. The van der Waals surface area contributed by atoms with E-state index in [1.54, 1.807) is 18.3 Å². The molecule has 2 N–H and O–H groups in total. The third-order valence-electron chi connectivity index (χ3n) is 7.77. The molecule has 1 atom stereocenters. The van der Waals surface area contributed by atoms with Crippen molar-refractivity contribution in [2.24, 2.45) is 5.41 Å². The minimum Gasteiger partial charge on any atom is -0.376 e. The Kier molecular flexibility index (Phi) is 7.77. The molecule has 0 spiro atoms. The van der Waals surface area contributed by atoms with E-state index >= 15 is 0 Å². The summed E-state index contributed by atoms with van der Waals surface area (Å²) >= 11 is 0. The standard InChI is InChI=1S/C29H35FN6O4/c1-29(27(37)32-16-21-6-5-15-38-21)17-39-26(40-18-29)25-34-23(19-7-9-20(30)10-8-19)24(35-25)22-11-12-31-28(33-22)36-13-3-2-4-14-36/h7-12,21,26H,2-6,13-18H2,1H3,(H,32,37)(H,34,35). The number of halogens is 1. The zero-order valence-corrected chi connectivity index (χ0v) is 22.7. The second kappa shape index (κ2) is 11.6. The molecule has 3 aliphatic rings. The zero-order valence-electron chi connectivity index (χ0n) is 22.7. The van der Waals surface area contributed by atoms with Crippen LogP contribution in [0.2, 0.25) is 0 Å². The van der Waals surface area contributed by atoms with Gasteiger partial charge in [-0.1, -0.05) is 0 Å². The van der Waals surface area contributed by atoms with Gasteiger partial charge in [-0.25, -0.2) is 19.3 Å². The number of benzene rings is 1. The van der Waals surface area contributed by atoms with Gasteiger partial charge in [0.25, 0.3) is 0 Å². The number of imidazole rings is 1. The van der Waals surface area contributed by atoms with Crippen LogP contribution in [0, 0.1) is 11.2 Å². The Morgan fingerprint density at radius 2 is 1.85 bits per heavy atom. The van der Waals surface area contributed by atoms with E-state index in [1.807, 2.05) is 13.0 Å². The number of aromatic amines is 1. The maximum atomic E-state index is 13.7. The number of carbonyl (C=O) groups is 1. The summed E-state index contributed by atoms with van der Waals surface area (Å²) in [6.07, 6.45) is 6.43. The smallest absolute Gasteiger partial charge is 0.230 e. The highest BCUT2D eigenvalue weighted by Gasteiger charge is 2.41. The minimum absolute atomic E-state index is 0.0642. The molecule has 6 rings (SSSR count). The van der Waals surface area contributed by atoms with E-state index in [1.165, 1.54) is 18.6 Å². The summed E-state index contributed by atoms with van der Waals surface area (Å²) in [6.45, 7) is 5.24. The lowest BCUT2D eigenvalue weighted by molar-refractivity contribution is -0.231. The SMILES string of the molecule is CC1(C(=O)NCC2CCCO2)COC(c2nc(-c3ccc(F)cc3)c(-c3ccnc(N4CCCCC4)n3)[nH]2)OC1. The molecule has 3 aromatic rings. The number of hydrogen-bond acceptors (Lipinski definition) is 8. The second-order valence-electron chi connectivity index (χ2n) is 11.0. The predicted octanol–water partition coefficient (Wildman–Crippen LogP) is 4.01. The van der Waals surface area contributed by atoms with Crippen LogP contribution in [0.25, 0.3) is 22.6 Å². The van der Waals surface area contributed by atoms with Gasteiger partial charge in [-0.05, 0) is 69.4 Å². The van der Waals surface area contributed by atoms with Crippen LogP contribution in [0.1, 0.15) is 51.1 Å². The minimum atomic E-state index is -0.833. The number of amides is 1. The van der Waals surface area contributed by atoms with Crippen molar-refractivity contribution in [3.63, 3.8) is 0 Å². The highest BCUT2D eigenvalue weighted by atomic mass is 19.1. The number of anilines is 1. The summed E-state index contributed by atoms with van der Waals surface area (Å²) in [4.78, 5) is 32.7. The molecule has 0 saturated carbocycles. The van der Waals surface area contributed by atoms with Crippen molar-refractivity contribution in [3.8, 4) is 22.6 Å². The van der Waals surface area contributed by atoms with Crippen LogP contribution in [0.15, 0.2) is 36.5 Å². The Balaban J connectivity index is 1.23. The number of carbonyl (C=O) groups excluding carboxylic acids is 1. The van der Waals surface area contributed by atoms with Gasteiger partial charge in [0, 0.05) is 38.0 Å². The molecule has 3 fully saturated rings. The summed E-state index contributed by atoms with van der Waals surface area (Å²) in [5.41, 5.74) is 1.83. The third kappa shape index (κ3) is 5.72. The lowest BCUT2D eigenvalue weighted by Crippen LogP contribution is -2.49. The van der Waals surface area contributed by atoms with Gasteiger partial charge in [0.15, 0.2) is 5.82 Å². The van der Waals surface area contributed by atoms with Gasteiger partial charge < -0.3 is 29.4 Å². The molecule has 212 valence electrons. The van der Waals surface area contributed by atoms with Crippen molar-refractivity contribution in [2.45, 2.75) is 51.4 Å². The number of nitrogens with zero attached hydrogens (tertiary/aromatic N) is 4. The van der Waals surface area contributed by atoms with Gasteiger partial charge in [-0.15, -0.1) is 0 Å². The first kappa shape index (κ1) is 26.8. The number of ether oxygens (including phenoxy) is 3. The fraction of sp³-hybridized carbons (Fsp3) is 0.517. The lowest BCUT2D eigenvalue weighted by Gasteiger charge is -2.35. The van der Waals surface area contributed by atoms with Crippen LogP contribution in [-0.4, -0.2) is 71.4 Å². The van der Waals surface area contributed by atoms with Crippen molar-refractivity contribution in [1.29, 1.82) is 0 Å². The second-order valence-corrected chi connectivity index (χ2v) is 11.0. The van der Waals surface area contributed by atoms with Gasteiger partial charge in [0.2, 0.25) is 18.1 Å². The van der Waals surface area contributed by atoms with Gasteiger partial charge in [0.1, 0.15) is 5.82 Å². The summed E-state index contributed by atoms with van der Waals surface area (Å²) in [6, 6.07) is 8.00. The molecule has 5 heterocycles. The van der Waals surface area contributed by atoms with Gasteiger partial charge in [0.05, 0.1) is 41.8 Å². The summed E-state index contributed by atoms with van der Waals surface area (Å²) in [7, 11) is 0. The van der Waals surface area contributed by atoms with Crippen molar-refractivity contribution in [3.05, 3.63) is 48.2 Å². The molecule has 3 aliphatic heterocycles. The largest absolute Gasteiger partial charge is 0.376 e. The number of piperidine rings is 1. The van der Waals surface area contributed by atoms with Crippen LogP contribution in [-0.2, 0) is 19.0 Å². The molecule has 11 heteroatoms. The number of rotatable bonds is 7. The van der Waals surface area contributed by atoms with Crippen molar-refractivity contribution >= 4 is 11.9 Å². The zero-order chi connectivity index (χ0) is 27.5. The van der Waals surface area contributed by atoms with Crippen molar-refractivity contribution < 1.29 is 23.4 Å². The van der Waals surface area contributed by atoms with Crippen molar-refractivity contribution in [1.82, 2.24) is 25.3 Å². The number of nitrogens with one attached hydrogen (secondary N) is 2. The fourth-order valence-corrected chi connectivity index (χ4v) is 5.36. The van der Waals surface area contributed by atoms with E-state index in [-0.39, 0.29) is 31.0 Å². The highest BCUT2D eigenvalue weighted by Crippen LogP contribution is 2.36. The topological polar surface area (TPSA) is 114 Å². The number of aromatic nitrogens is 4. The molecule has 40 heavy (non-hydrogen) atoms. The molecule has 3 saturated heterocycles. The molecular formula is C29H35FN6O4. The quantitative estimate of drug-likeness (QED) is 0.454. The van der Waals surface area contributed by atoms with E-state index in [0.29, 0.717) is 35.4 Å².